The quantitative estimate of drug-likeness (QED) is 0.416. The van der Waals surface area contributed by atoms with Crippen LogP contribution in [0.1, 0.15) is 5.56 Å². The van der Waals surface area contributed by atoms with Crippen LogP contribution in [0, 0.1) is 6.92 Å². The zero-order valence-electron chi connectivity index (χ0n) is 13.7. The maximum atomic E-state index is 6.03. The molecule has 0 aliphatic heterocycles. The second kappa shape index (κ2) is 6.58. The monoisotopic (exact) mass is 345 g/mol. The van der Waals surface area contributed by atoms with Gasteiger partial charge in [0.1, 0.15) is 5.69 Å². The third kappa shape index (κ3) is 3.35. The van der Waals surface area contributed by atoms with Crippen molar-refractivity contribution in [1.82, 2.24) is 4.98 Å². The van der Waals surface area contributed by atoms with Crippen LogP contribution >= 0.6 is 11.6 Å². The molecule has 0 N–H and O–H groups in total. The zero-order chi connectivity index (χ0) is 17.2. The topological polar surface area (TPSA) is 26.0 Å². The predicted octanol–water partition coefficient (Wildman–Crippen LogP) is 6.64. The van der Waals surface area contributed by atoms with Gasteiger partial charge in [-0.1, -0.05) is 53.6 Å². The van der Waals surface area contributed by atoms with Crippen LogP contribution in [0.15, 0.2) is 83.5 Å². The Kier molecular flexibility index (Phi) is 4.12. The molecule has 2 heterocycles. The molecule has 4 aromatic rings. The minimum Gasteiger partial charge on any atom is -0.463 e. The third-order valence-electron chi connectivity index (χ3n) is 4.12. The molecule has 0 radical (unpaired) electrons. The van der Waals surface area contributed by atoms with Crippen molar-refractivity contribution in [3.8, 4) is 33.8 Å². The number of rotatable bonds is 3. The van der Waals surface area contributed by atoms with E-state index in [0.717, 1.165) is 38.9 Å². The van der Waals surface area contributed by atoms with E-state index in [4.69, 9.17) is 21.0 Å². The van der Waals surface area contributed by atoms with Gasteiger partial charge in [0.25, 0.3) is 0 Å². The number of aryl methyl sites for hydroxylation is 1. The second-order valence-corrected chi connectivity index (χ2v) is 6.41. The van der Waals surface area contributed by atoms with Gasteiger partial charge >= 0.3 is 0 Å². The fourth-order valence-electron chi connectivity index (χ4n) is 2.76. The van der Waals surface area contributed by atoms with Crippen LogP contribution in [0.4, 0.5) is 0 Å². The van der Waals surface area contributed by atoms with Crippen molar-refractivity contribution in [2.75, 3.05) is 0 Å². The number of benzene rings is 2. The van der Waals surface area contributed by atoms with E-state index in [-0.39, 0.29) is 0 Å². The van der Waals surface area contributed by atoms with Gasteiger partial charge < -0.3 is 4.42 Å². The summed E-state index contributed by atoms with van der Waals surface area (Å²) >= 11 is 6.03. The molecule has 0 fully saturated rings. The minimum absolute atomic E-state index is 0.725. The number of halogens is 1. The number of aromatic nitrogens is 1. The highest BCUT2D eigenvalue weighted by molar-refractivity contribution is 6.30. The average molecular weight is 346 g/mol. The van der Waals surface area contributed by atoms with Crippen LogP contribution in [0.25, 0.3) is 33.8 Å². The first-order valence-electron chi connectivity index (χ1n) is 8.08. The molecule has 3 heteroatoms. The molecule has 2 nitrogen and oxygen atoms in total. The molecule has 4 rings (SSSR count). The van der Waals surface area contributed by atoms with Gasteiger partial charge in [-0.2, -0.15) is 0 Å². The normalized spacial score (nSPS) is 10.8. The Morgan fingerprint density at radius 2 is 1.44 bits per heavy atom. The number of nitrogens with zero attached hydrogens (tertiary/aromatic N) is 1. The van der Waals surface area contributed by atoms with Crippen LogP contribution in [0.3, 0.4) is 0 Å². The van der Waals surface area contributed by atoms with Crippen LogP contribution in [0.2, 0.25) is 5.02 Å². The van der Waals surface area contributed by atoms with E-state index >= 15 is 0 Å². The summed E-state index contributed by atoms with van der Waals surface area (Å²) in [7, 11) is 0. The molecular formula is C22H16ClNO. The van der Waals surface area contributed by atoms with Gasteiger partial charge in [0.2, 0.25) is 0 Å². The van der Waals surface area contributed by atoms with Crippen LogP contribution in [-0.4, -0.2) is 4.98 Å². The van der Waals surface area contributed by atoms with Crippen molar-refractivity contribution in [3.05, 3.63) is 89.6 Å². The van der Waals surface area contributed by atoms with Crippen molar-refractivity contribution in [2.45, 2.75) is 6.92 Å². The van der Waals surface area contributed by atoms with Crippen molar-refractivity contribution < 1.29 is 4.42 Å². The number of furan rings is 1. The molecule has 2 aromatic carbocycles. The first-order valence-corrected chi connectivity index (χ1v) is 8.46. The SMILES string of the molecule is Cc1ccc(-c2cc(-c3ccc(Cl)cc3)cc(-c3ccco3)n2)cc1. The zero-order valence-corrected chi connectivity index (χ0v) is 14.5. The molecule has 0 aliphatic carbocycles. The number of hydrogen-bond acceptors (Lipinski definition) is 2. The molecule has 0 aliphatic rings. The molecule has 0 atom stereocenters. The van der Waals surface area contributed by atoms with Gasteiger partial charge in [-0.05, 0) is 54.4 Å². The van der Waals surface area contributed by atoms with E-state index in [9.17, 15) is 0 Å². The van der Waals surface area contributed by atoms with Crippen LogP contribution in [-0.2, 0) is 0 Å². The van der Waals surface area contributed by atoms with Gasteiger partial charge in [-0.25, -0.2) is 4.98 Å². The first kappa shape index (κ1) is 15.7. The summed E-state index contributed by atoms with van der Waals surface area (Å²) in [5.41, 5.74) is 6.20. The third-order valence-corrected chi connectivity index (χ3v) is 4.38. The Morgan fingerprint density at radius 3 is 2.12 bits per heavy atom. The average Bonchev–Trinajstić information content (AvgIpc) is 3.17. The lowest BCUT2D eigenvalue weighted by atomic mass is 10.0. The fourth-order valence-corrected chi connectivity index (χ4v) is 2.89. The van der Waals surface area contributed by atoms with Gasteiger partial charge in [-0.3, -0.25) is 0 Å². The van der Waals surface area contributed by atoms with Crippen LogP contribution in [0.5, 0.6) is 0 Å². The largest absolute Gasteiger partial charge is 0.463 e. The van der Waals surface area contributed by atoms with E-state index in [1.165, 1.54) is 5.56 Å². The molecule has 25 heavy (non-hydrogen) atoms. The minimum atomic E-state index is 0.725. The maximum Gasteiger partial charge on any atom is 0.152 e. The molecule has 0 saturated heterocycles. The second-order valence-electron chi connectivity index (χ2n) is 5.98. The standard InChI is InChI=1S/C22H16ClNO/c1-15-4-6-17(7-5-15)20-13-18(16-8-10-19(23)11-9-16)14-21(24-20)22-3-2-12-25-22/h2-14H,1H3. The summed E-state index contributed by atoms with van der Waals surface area (Å²) in [4.78, 5) is 4.80. The first-order chi connectivity index (χ1) is 12.2. The molecule has 2 aromatic heterocycles. The van der Waals surface area contributed by atoms with Gasteiger partial charge in [0, 0.05) is 10.6 Å². The number of pyridine rings is 1. The molecular weight excluding hydrogens is 330 g/mol. The Hall–Kier alpha value is -2.84. The maximum absolute atomic E-state index is 6.03. The summed E-state index contributed by atoms with van der Waals surface area (Å²) in [5, 5.41) is 0.725. The van der Waals surface area contributed by atoms with Gasteiger partial charge in [-0.15, -0.1) is 0 Å². The highest BCUT2D eigenvalue weighted by Crippen LogP contribution is 2.31. The highest BCUT2D eigenvalue weighted by Gasteiger charge is 2.10. The van der Waals surface area contributed by atoms with E-state index < -0.39 is 0 Å². The van der Waals surface area contributed by atoms with Crippen molar-refractivity contribution in [2.24, 2.45) is 0 Å². The van der Waals surface area contributed by atoms with E-state index in [1.54, 1.807) is 6.26 Å². The summed E-state index contributed by atoms with van der Waals surface area (Å²) in [6, 6.07) is 24.1. The molecule has 122 valence electrons. The molecule has 0 unspecified atom stereocenters. The Balaban J connectivity index is 1.88. The van der Waals surface area contributed by atoms with Crippen molar-refractivity contribution in [3.63, 3.8) is 0 Å². The van der Waals surface area contributed by atoms with Gasteiger partial charge in [0.05, 0.1) is 12.0 Å². The molecule has 0 saturated carbocycles. The summed E-state index contributed by atoms with van der Waals surface area (Å²) in [5.74, 6) is 0.754. The van der Waals surface area contributed by atoms with Crippen molar-refractivity contribution >= 4 is 11.6 Å². The lowest BCUT2D eigenvalue weighted by Crippen LogP contribution is -1.90. The highest BCUT2D eigenvalue weighted by atomic mass is 35.5. The van der Waals surface area contributed by atoms with E-state index in [0.29, 0.717) is 0 Å². The summed E-state index contributed by atoms with van der Waals surface area (Å²) in [6.07, 6.45) is 1.66. The Labute approximate surface area is 151 Å². The summed E-state index contributed by atoms with van der Waals surface area (Å²) in [6.45, 7) is 2.08. The smallest absolute Gasteiger partial charge is 0.152 e. The predicted molar refractivity (Wildman–Crippen MR) is 103 cm³/mol. The fraction of sp³-hybridized carbons (Fsp3) is 0.0455. The number of hydrogen-bond donors (Lipinski definition) is 0. The summed E-state index contributed by atoms with van der Waals surface area (Å²) < 4.78 is 5.56. The molecule has 0 bridgehead atoms. The molecule has 0 amide bonds. The van der Waals surface area contributed by atoms with E-state index in [1.807, 2.05) is 42.5 Å². The van der Waals surface area contributed by atoms with Gasteiger partial charge in [0.15, 0.2) is 5.76 Å². The molecule has 0 spiro atoms. The van der Waals surface area contributed by atoms with Crippen LogP contribution < -0.4 is 0 Å². The van der Waals surface area contributed by atoms with E-state index in [2.05, 4.69) is 37.3 Å². The van der Waals surface area contributed by atoms with Crippen molar-refractivity contribution in [1.29, 1.82) is 0 Å². The lowest BCUT2D eigenvalue weighted by molar-refractivity contribution is 0.580. The lowest BCUT2D eigenvalue weighted by Gasteiger charge is -2.09. The Morgan fingerprint density at radius 1 is 0.760 bits per heavy atom. The Bertz CT molecular complexity index is 924.